The minimum absolute atomic E-state index is 0.00644. The Hall–Kier alpha value is -1.06. The van der Waals surface area contributed by atoms with Gasteiger partial charge in [-0.05, 0) is 12.8 Å². The lowest BCUT2D eigenvalue weighted by Crippen LogP contribution is -2.30. The molecule has 4 N–H and O–H groups in total. The van der Waals surface area contributed by atoms with E-state index in [2.05, 4.69) is 5.32 Å². The summed E-state index contributed by atoms with van der Waals surface area (Å²) < 4.78 is 0. The zero-order valence-corrected chi connectivity index (χ0v) is 6.52. The van der Waals surface area contributed by atoms with Gasteiger partial charge in [0, 0.05) is 13.0 Å². The maximum absolute atomic E-state index is 9.75. The van der Waals surface area contributed by atoms with Gasteiger partial charge >= 0.3 is 0 Å². The lowest BCUT2D eigenvalue weighted by atomic mass is 10.2. The molecule has 0 aliphatic carbocycles. The van der Waals surface area contributed by atoms with Gasteiger partial charge in [0.15, 0.2) is 12.2 Å². The zero-order chi connectivity index (χ0) is 8.53. The summed E-state index contributed by atoms with van der Waals surface area (Å²) in [7, 11) is 0. The van der Waals surface area contributed by atoms with Gasteiger partial charge in [-0.3, -0.25) is 10.2 Å². The Morgan fingerprint density at radius 2 is 2.18 bits per heavy atom. The largest absolute Gasteiger partial charge is 0.370 e. The first-order valence-electron chi connectivity index (χ1n) is 3.70. The van der Waals surface area contributed by atoms with Crippen LogP contribution in [0.25, 0.3) is 0 Å². The van der Waals surface area contributed by atoms with Crippen molar-refractivity contribution in [1.29, 1.82) is 5.41 Å². The maximum Gasteiger partial charge on any atom is 0.198 e. The van der Waals surface area contributed by atoms with Crippen LogP contribution in [0.2, 0.25) is 0 Å². The van der Waals surface area contributed by atoms with Crippen molar-refractivity contribution in [3.8, 4) is 0 Å². The van der Waals surface area contributed by atoms with E-state index in [4.69, 9.17) is 11.1 Å². The summed E-state index contributed by atoms with van der Waals surface area (Å²) in [5, 5.41) is 9.50. The average molecular weight is 156 g/mol. The maximum atomic E-state index is 9.75. The molecule has 0 aromatic heterocycles. The lowest BCUT2D eigenvalue weighted by molar-refractivity contribution is 0.544. The molecule has 0 saturated heterocycles. The monoisotopic (exact) mass is 156 g/mol. The number of nitrogens with two attached hydrogens (primary N) is 1. The predicted octanol–water partition coefficient (Wildman–Crippen LogP) is 0.140. The van der Waals surface area contributed by atoms with E-state index >= 15 is 0 Å². The van der Waals surface area contributed by atoms with Crippen LogP contribution in [-0.2, 0) is 4.79 Å². The fourth-order valence-electron chi connectivity index (χ4n) is 0.722. The van der Waals surface area contributed by atoms with Gasteiger partial charge in [0.05, 0.1) is 0 Å². The summed E-state index contributed by atoms with van der Waals surface area (Å²) in [6, 6.07) is 0. The predicted molar refractivity (Wildman–Crippen MR) is 44.1 cm³/mol. The highest BCUT2D eigenvalue weighted by Crippen LogP contribution is 1.95. The molecule has 0 unspecified atom stereocenters. The van der Waals surface area contributed by atoms with E-state index in [1.54, 1.807) is 0 Å². The van der Waals surface area contributed by atoms with Gasteiger partial charge in [-0.2, -0.15) is 0 Å². The van der Waals surface area contributed by atoms with Gasteiger partial charge in [0.25, 0.3) is 0 Å². The third-order valence-corrected chi connectivity index (χ3v) is 1.27. The molecule has 0 aliphatic heterocycles. The van der Waals surface area contributed by atoms with Crippen molar-refractivity contribution in [3.05, 3.63) is 0 Å². The van der Waals surface area contributed by atoms with Gasteiger partial charge in [-0.25, -0.2) is 0 Å². The van der Waals surface area contributed by atoms with Crippen molar-refractivity contribution in [3.63, 3.8) is 0 Å². The highest BCUT2D eigenvalue weighted by Gasteiger charge is 1.89. The molecule has 0 aliphatic rings. The first-order valence-corrected chi connectivity index (χ1v) is 3.70. The van der Waals surface area contributed by atoms with E-state index in [9.17, 15) is 4.79 Å². The molecule has 0 bridgehead atoms. The molecule has 0 saturated carbocycles. The third kappa shape index (κ3) is 8.94. The fourth-order valence-corrected chi connectivity index (χ4v) is 0.722. The SMILES string of the molecule is N=C(N)NCCCCC[C]=O. The van der Waals surface area contributed by atoms with Crippen molar-refractivity contribution in [2.75, 3.05) is 6.54 Å². The number of hydrogen-bond acceptors (Lipinski definition) is 2. The van der Waals surface area contributed by atoms with Gasteiger partial charge in [0.2, 0.25) is 0 Å². The molecule has 1 radical (unpaired) electrons. The van der Waals surface area contributed by atoms with Crippen LogP contribution in [0.4, 0.5) is 0 Å². The van der Waals surface area contributed by atoms with E-state index < -0.39 is 0 Å². The van der Waals surface area contributed by atoms with Gasteiger partial charge in [-0.1, -0.05) is 6.42 Å². The van der Waals surface area contributed by atoms with Crippen LogP contribution in [0.3, 0.4) is 0 Å². The molecule has 0 spiro atoms. The molecule has 0 aromatic carbocycles. The molecule has 4 nitrogen and oxygen atoms in total. The Morgan fingerprint density at radius 3 is 2.73 bits per heavy atom. The third-order valence-electron chi connectivity index (χ3n) is 1.27. The standard InChI is InChI=1S/C7H14N3O/c8-7(9)10-5-3-1-2-4-6-11/h1-5H2,(H4,8,9,10). The molecular formula is C7H14N3O. The number of carbonyl (C=O) groups excluding carboxylic acids is 1. The van der Waals surface area contributed by atoms with Crippen molar-refractivity contribution in [1.82, 2.24) is 5.32 Å². The smallest absolute Gasteiger partial charge is 0.198 e. The second-order valence-electron chi connectivity index (χ2n) is 2.30. The number of unbranched alkanes of at least 4 members (excludes halogenated alkanes) is 3. The summed E-state index contributed by atoms with van der Waals surface area (Å²) in [6.45, 7) is 0.716. The molecule has 0 aromatic rings. The lowest BCUT2D eigenvalue weighted by Gasteiger charge is -2.01. The minimum Gasteiger partial charge on any atom is -0.370 e. The highest BCUT2D eigenvalue weighted by atomic mass is 16.1. The number of nitrogens with one attached hydrogen (secondary N) is 2. The van der Waals surface area contributed by atoms with E-state index in [1.807, 2.05) is 6.29 Å². The summed E-state index contributed by atoms with van der Waals surface area (Å²) in [4.78, 5) is 9.75. The van der Waals surface area contributed by atoms with Gasteiger partial charge < -0.3 is 11.1 Å². The Balaban J connectivity index is 2.90. The molecule has 11 heavy (non-hydrogen) atoms. The van der Waals surface area contributed by atoms with Crippen molar-refractivity contribution >= 4 is 12.2 Å². The number of rotatable bonds is 6. The molecule has 0 atom stereocenters. The minimum atomic E-state index is 0.00644. The average Bonchev–Trinajstić information content (AvgIpc) is 1.96. The molecular weight excluding hydrogens is 142 g/mol. The van der Waals surface area contributed by atoms with E-state index in [1.165, 1.54) is 0 Å². The molecule has 0 amide bonds. The normalized spacial score (nSPS) is 9.09. The van der Waals surface area contributed by atoms with Crippen molar-refractivity contribution in [2.24, 2.45) is 5.73 Å². The second kappa shape index (κ2) is 7.05. The molecule has 63 valence electrons. The Bertz CT molecular complexity index is 125. The van der Waals surface area contributed by atoms with E-state index in [0.717, 1.165) is 19.3 Å². The first-order chi connectivity index (χ1) is 5.27. The highest BCUT2D eigenvalue weighted by molar-refractivity contribution is 5.74. The van der Waals surface area contributed by atoms with Crippen molar-refractivity contribution in [2.45, 2.75) is 25.7 Å². The van der Waals surface area contributed by atoms with Gasteiger partial charge in [-0.15, -0.1) is 0 Å². The molecule has 4 heteroatoms. The first kappa shape index (κ1) is 9.94. The van der Waals surface area contributed by atoms with Gasteiger partial charge in [0.1, 0.15) is 0 Å². The van der Waals surface area contributed by atoms with E-state index in [0.29, 0.717) is 13.0 Å². The molecule has 0 fully saturated rings. The molecule has 0 heterocycles. The summed E-state index contributed by atoms with van der Waals surface area (Å²) in [5.41, 5.74) is 5.04. The van der Waals surface area contributed by atoms with Crippen LogP contribution in [-0.4, -0.2) is 18.8 Å². The topological polar surface area (TPSA) is 79.0 Å². The van der Waals surface area contributed by atoms with Crippen LogP contribution in [0.1, 0.15) is 25.7 Å². The van der Waals surface area contributed by atoms with Crippen LogP contribution in [0.15, 0.2) is 0 Å². The van der Waals surface area contributed by atoms with Crippen molar-refractivity contribution < 1.29 is 4.79 Å². The fraction of sp³-hybridized carbons (Fsp3) is 0.714. The zero-order valence-electron chi connectivity index (χ0n) is 6.52. The van der Waals surface area contributed by atoms with Crippen LogP contribution in [0.5, 0.6) is 0 Å². The summed E-state index contributed by atoms with van der Waals surface area (Å²) in [6.07, 6.45) is 5.15. The Kier molecular flexibility index (Phi) is 6.37. The number of hydrogen-bond donors (Lipinski definition) is 3. The number of guanidine groups is 1. The Labute approximate surface area is 66.7 Å². The molecule has 0 rings (SSSR count). The quantitative estimate of drug-likeness (QED) is 0.291. The summed E-state index contributed by atoms with van der Waals surface area (Å²) in [5.74, 6) is 0.00644. The summed E-state index contributed by atoms with van der Waals surface area (Å²) >= 11 is 0. The Morgan fingerprint density at radius 1 is 1.45 bits per heavy atom. The van der Waals surface area contributed by atoms with Crippen LogP contribution >= 0.6 is 0 Å². The van der Waals surface area contributed by atoms with E-state index in [-0.39, 0.29) is 5.96 Å². The van der Waals surface area contributed by atoms with Crippen LogP contribution < -0.4 is 11.1 Å². The second-order valence-corrected chi connectivity index (χ2v) is 2.30. The van der Waals surface area contributed by atoms with Crippen LogP contribution in [0, 0.1) is 5.41 Å².